The number of ether oxygens (including phenoxy) is 2. The molecule has 1 heterocycles. The predicted octanol–water partition coefficient (Wildman–Crippen LogP) is 3.12. The number of carbonyl (C=O) groups excluding carboxylic acids is 1. The first-order valence-electron chi connectivity index (χ1n) is 7.10. The molecule has 23 heavy (non-hydrogen) atoms. The monoisotopic (exact) mass is 308 g/mol. The van der Waals surface area contributed by atoms with E-state index in [4.69, 9.17) is 9.47 Å². The van der Waals surface area contributed by atoms with Crippen LogP contribution in [-0.4, -0.2) is 29.6 Å². The second-order valence-electron chi connectivity index (χ2n) is 4.86. The number of ketones is 1. The van der Waals surface area contributed by atoms with Gasteiger partial charge in [0.1, 0.15) is 0 Å². The largest absolute Gasteiger partial charge is 0.493 e. The van der Waals surface area contributed by atoms with Crippen molar-refractivity contribution in [3.8, 4) is 17.2 Å². The van der Waals surface area contributed by atoms with Crippen LogP contribution in [0.15, 0.2) is 60.9 Å². The Balaban J connectivity index is 2.01. The minimum atomic E-state index is -0.181. The van der Waals surface area contributed by atoms with E-state index < -0.39 is 0 Å². The molecule has 116 valence electrons. The van der Waals surface area contributed by atoms with E-state index in [1.54, 1.807) is 42.3 Å². The van der Waals surface area contributed by atoms with Gasteiger partial charge in [-0.2, -0.15) is 0 Å². The second kappa shape index (κ2) is 6.36. The lowest BCUT2D eigenvalue weighted by Gasteiger charge is -2.10. The standard InChI is InChI=1S/C18H16N2O3/c1-22-15-9-8-13(12-16(15)23-2)17(21)18-19-10-11-20(18)14-6-4-3-5-7-14/h3-12H,1-2H3. The summed E-state index contributed by atoms with van der Waals surface area (Å²) in [4.78, 5) is 17.0. The van der Waals surface area contributed by atoms with Crippen LogP contribution in [0.1, 0.15) is 16.2 Å². The molecule has 5 heteroatoms. The molecule has 3 rings (SSSR count). The highest BCUT2D eigenvalue weighted by molar-refractivity contribution is 6.07. The number of aromatic nitrogens is 2. The fourth-order valence-corrected chi connectivity index (χ4v) is 2.37. The van der Waals surface area contributed by atoms with Gasteiger partial charge >= 0.3 is 0 Å². The van der Waals surface area contributed by atoms with Crippen LogP contribution in [0.2, 0.25) is 0 Å². The Morgan fingerprint density at radius 2 is 1.74 bits per heavy atom. The number of rotatable bonds is 5. The molecule has 0 radical (unpaired) electrons. The SMILES string of the molecule is COc1ccc(C(=O)c2nccn2-c2ccccc2)cc1OC. The van der Waals surface area contributed by atoms with E-state index in [-0.39, 0.29) is 5.78 Å². The number of nitrogens with zero attached hydrogens (tertiary/aromatic N) is 2. The van der Waals surface area contributed by atoms with Gasteiger partial charge in [-0.3, -0.25) is 9.36 Å². The van der Waals surface area contributed by atoms with E-state index in [0.29, 0.717) is 22.9 Å². The smallest absolute Gasteiger partial charge is 0.228 e. The van der Waals surface area contributed by atoms with Gasteiger partial charge in [0.15, 0.2) is 17.3 Å². The lowest BCUT2D eigenvalue weighted by atomic mass is 10.1. The minimum absolute atomic E-state index is 0.181. The first kappa shape index (κ1) is 14.8. The summed E-state index contributed by atoms with van der Waals surface area (Å²) in [5.74, 6) is 1.26. The van der Waals surface area contributed by atoms with E-state index in [1.165, 1.54) is 7.11 Å². The van der Waals surface area contributed by atoms with Crippen LogP contribution in [0.4, 0.5) is 0 Å². The van der Waals surface area contributed by atoms with Crippen LogP contribution >= 0.6 is 0 Å². The van der Waals surface area contributed by atoms with Crippen LogP contribution in [0.3, 0.4) is 0 Å². The van der Waals surface area contributed by atoms with Gasteiger partial charge in [0, 0.05) is 23.6 Å². The summed E-state index contributed by atoms with van der Waals surface area (Å²) in [5, 5.41) is 0. The Labute approximate surface area is 134 Å². The Hall–Kier alpha value is -3.08. The van der Waals surface area contributed by atoms with E-state index in [2.05, 4.69) is 4.98 Å². The highest BCUT2D eigenvalue weighted by Crippen LogP contribution is 2.28. The Bertz CT molecular complexity index is 825. The molecule has 0 amide bonds. The first-order valence-corrected chi connectivity index (χ1v) is 7.10. The third-order valence-electron chi connectivity index (χ3n) is 3.52. The zero-order valence-corrected chi connectivity index (χ0v) is 12.9. The Morgan fingerprint density at radius 3 is 2.43 bits per heavy atom. The van der Waals surface area contributed by atoms with Gasteiger partial charge in [-0.05, 0) is 30.3 Å². The molecule has 5 nitrogen and oxygen atoms in total. The van der Waals surface area contributed by atoms with Crippen molar-refractivity contribution in [2.45, 2.75) is 0 Å². The number of carbonyl (C=O) groups is 1. The van der Waals surface area contributed by atoms with Gasteiger partial charge < -0.3 is 9.47 Å². The van der Waals surface area contributed by atoms with E-state index in [9.17, 15) is 4.79 Å². The zero-order chi connectivity index (χ0) is 16.2. The normalized spacial score (nSPS) is 10.3. The van der Waals surface area contributed by atoms with Crippen LogP contribution in [0, 0.1) is 0 Å². The maximum Gasteiger partial charge on any atom is 0.228 e. The molecule has 0 spiro atoms. The van der Waals surface area contributed by atoms with Crippen LogP contribution in [-0.2, 0) is 0 Å². The predicted molar refractivity (Wildman–Crippen MR) is 86.5 cm³/mol. The molecule has 0 bridgehead atoms. The summed E-state index contributed by atoms with van der Waals surface area (Å²) in [7, 11) is 3.10. The maximum atomic E-state index is 12.8. The van der Waals surface area contributed by atoms with Crippen molar-refractivity contribution in [1.82, 2.24) is 9.55 Å². The molecular weight excluding hydrogens is 292 g/mol. The number of imidazole rings is 1. The fourth-order valence-electron chi connectivity index (χ4n) is 2.37. The van der Waals surface area contributed by atoms with Gasteiger partial charge in [-0.15, -0.1) is 0 Å². The van der Waals surface area contributed by atoms with Crippen molar-refractivity contribution in [3.63, 3.8) is 0 Å². The summed E-state index contributed by atoms with van der Waals surface area (Å²) in [6.07, 6.45) is 3.38. The lowest BCUT2D eigenvalue weighted by Crippen LogP contribution is -2.10. The summed E-state index contributed by atoms with van der Waals surface area (Å²) in [5.41, 5.74) is 1.37. The average molecular weight is 308 g/mol. The molecule has 0 saturated heterocycles. The fraction of sp³-hybridized carbons (Fsp3) is 0.111. The van der Waals surface area contributed by atoms with Crippen molar-refractivity contribution in [2.75, 3.05) is 14.2 Å². The second-order valence-corrected chi connectivity index (χ2v) is 4.86. The van der Waals surface area contributed by atoms with Crippen molar-refractivity contribution >= 4 is 5.78 Å². The molecule has 0 saturated carbocycles. The van der Waals surface area contributed by atoms with Gasteiger partial charge in [-0.1, -0.05) is 18.2 Å². The zero-order valence-electron chi connectivity index (χ0n) is 12.9. The van der Waals surface area contributed by atoms with Gasteiger partial charge in [0.2, 0.25) is 5.78 Å². The average Bonchev–Trinajstić information content (AvgIpc) is 3.11. The first-order chi connectivity index (χ1) is 11.2. The number of para-hydroxylation sites is 1. The molecule has 3 aromatic rings. The van der Waals surface area contributed by atoms with Crippen LogP contribution in [0.5, 0.6) is 11.5 Å². The van der Waals surface area contributed by atoms with Crippen LogP contribution < -0.4 is 9.47 Å². The van der Waals surface area contributed by atoms with E-state index in [0.717, 1.165) is 5.69 Å². The molecule has 2 aromatic carbocycles. The van der Waals surface area contributed by atoms with Crippen molar-refractivity contribution in [3.05, 3.63) is 72.3 Å². The highest BCUT2D eigenvalue weighted by Gasteiger charge is 2.18. The van der Waals surface area contributed by atoms with E-state index >= 15 is 0 Å². The highest BCUT2D eigenvalue weighted by atomic mass is 16.5. The third kappa shape index (κ3) is 2.81. The minimum Gasteiger partial charge on any atom is -0.493 e. The summed E-state index contributed by atoms with van der Waals surface area (Å²) >= 11 is 0. The van der Waals surface area contributed by atoms with Crippen molar-refractivity contribution in [2.24, 2.45) is 0 Å². The molecule has 0 aliphatic rings. The van der Waals surface area contributed by atoms with Gasteiger partial charge in [0.05, 0.1) is 14.2 Å². The Morgan fingerprint density at radius 1 is 1.00 bits per heavy atom. The molecular formula is C18H16N2O3. The van der Waals surface area contributed by atoms with Gasteiger partial charge in [-0.25, -0.2) is 4.98 Å². The van der Waals surface area contributed by atoms with E-state index in [1.807, 2.05) is 30.3 Å². The van der Waals surface area contributed by atoms with Crippen molar-refractivity contribution in [1.29, 1.82) is 0 Å². The number of methoxy groups -OCH3 is 2. The molecule has 0 N–H and O–H groups in total. The van der Waals surface area contributed by atoms with Crippen LogP contribution in [0.25, 0.3) is 5.69 Å². The number of hydrogen-bond acceptors (Lipinski definition) is 4. The summed E-state index contributed by atoms with van der Waals surface area (Å²) < 4.78 is 12.2. The topological polar surface area (TPSA) is 53.3 Å². The third-order valence-corrected chi connectivity index (χ3v) is 3.52. The molecule has 0 unspecified atom stereocenters. The number of hydrogen-bond donors (Lipinski definition) is 0. The molecule has 0 atom stereocenters. The molecule has 0 aliphatic heterocycles. The summed E-state index contributed by atoms with van der Waals surface area (Å²) in [6, 6.07) is 14.7. The maximum absolute atomic E-state index is 12.8. The van der Waals surface area contributed by atoms with Gasteiger partial charge in [0.25, 0.3) is 0 Å². The number of benzene rings is 2. The molecule has 1 aromatic heterocycles. The Kier molecular flexibility index (Phi) is 4.10. The van der Waals surface area contributed by atoms with Crippen molar-refractivity contribution < 1.29 is 14.3 Å². The quantitative estimate of drug-likeness (QED) is 0.680. The molecule has 0 aliphatic carbocycles. The lowest BCUT2D eigenvalue weighted by molar-refractivity contribution is 0.102. The molecule has 0 fully saturated rings. The summed E-state index contributed by atoms with van der Waals surface area (Å²) in [6.45, 7) is 0.